The molecular formula is C17H34N2O2. The minimum atomic E-state index is -0.304. The molecule has 0 rings (SSSR count). The van der Waals surface area contributed by atoms with Crippen LogP contribution in [0.2, 0.25) is 0 Å². The van der Waals surface area contributed by atoms with Crippen molar-refractivity contribution >= 4 is 11.8 Å². The summed E-state index contributed by atoms with van der Waals surface area (Å²) in [6.07, 6.45) is 14.0. The van der Waals surface area contributed by atoms with E-state index in [4.69, 9.17) is 11.5 Å². The zero-order valence-corrected chi connectivity index (χ0v) is 13.7. The third-order valence-electron chi connectivity index (χ3n) is 4.03. The number of hydrogen-bond acceptors (Lipinski definition) is 2. The summed E-state index contributed by atoms with van der Waals surface area (Å²) < 4.78 is 0. The second-order valence-electron chi connectivity index (χ2n) is 6.07. The maximum Gasteiger partial charge on any atom is 0.220 e. The third-order valence-corrected chi connectivity index (χ3v) is 4.03. The van der Waals surface area contributed by atoms with Crippen LogP contribution in [-0.4, -0.2) is 11.8 Å². The molecule has 0 heterocycles. The molecule has 1 atom stereocenters. The highest BCUT2D eigenvalue weighted by Crippen LogP contribution is 2.17. The number of primary amides is 2. The lowest BCUT2D eigenvalue weighted by Crippen LogP contribution is -2.23. The number of rotatable bonds is 15. The Hall–Kier alpha value is -1.06. The number of nitrogens with two attached hydrogens (primary N) is 2. The van der Waals surface area contributed by atoms with Gasteiger partial charge in [0, 0.05) is 12.3 Å². The van der Waals surface area contributed by atoms with E-state index >= 15 is 0 Å². The Kier molecular flexibility index (Phi) is 13.2. The largest absolute Gasteiger partial charge is 0.370 e. The second-order valence-corrected chi connectivity index (χ2v) is 6.07. The molecule has 0 aliphatic heterocycles. The molecule has 0 bridgehead atoms. The molecule has 0 fully saturated rings. The topological polar surface area (TPSA) is 86.2 Å². The zero-order valence-electron chi connectivity index (χ0n) is 13.7. The average Bonchev–Trinajstić information content (AvgIpc) is 2.43. The zero-order chi connectivity index (χ0) is 15.9. The van der Waals surface area contributed by atoms with E-state index in [1.165, 1.54) is 51.4 Å². The highest BCUT2D eigenvalue weighted by Gasteiger charge is 2.14. The summed E-state index contributed by atoms with van der Waals surface area (Å²) in [4.78, 5) is 22.0. The number of carbonyl (C=O) groups is 2. The van der Waals surface area contributed by atoms with E-state index in [0.29, 0.717) is 19.3 Å². The summed E-state index contributed by atoms with van der Waals surface area (Å²) in [7, 11) is 0. The van der Waals surface area contributed by atoms with Crippen LogP contribution >= 0.6 is 0 Å². The lowest BCUT2D eigenvalue weighted by molar-refractivity contribution is -0.123. The van der Waals surface area contributed by atoms with Crippen molar-refractivity contribution in [2.75, 3.05) is 0 Å². The van der Waals surface area contributed by atoms with Crippen LogP contribution in [0.1, 0.15) is 90.4 Å². The fraction of sp³-hybridized carbons (Fsp3) is 0.882. The first-order chi connectivity index (χ1) is 10.1. The van der Waals surface area contributed by atoms with Gasteiger partial charge in [-0.3, -0.25) is 9.59 Å². The van der Waals surface area contributed by atoms with Gasteiger partial charge in [-0.05, 0) is 19.3 Å². The quantitative estimate of drug-likeness (QED) is 0.452. The van der Waals surface area contributed by atoms with Crippen LogP contribution in [0.25, 0.3) is 0 Å². The van der Waals surface area contributed by atoms with Crippen LogP contribution in [0.4, 0.5) is 0 Å². The number of carbonyl (C=O) groups excluding carboxylic acids is 2. The average molecular weight is 298 g/mol. The molecule has 4 heteroatoms. The lowest BCUT2D eigenvalue weighted by Gasteiger charge is -2.12. The predicted octanol–water partition coefficient (Wildman–Crippen LogP) is 3.66. The number of hydrogen-bond donors (Lipinski definition) is 2. The van der Waals surface area contributed by atoms with E-state index in [0.717, 1.165) is 12.8 Å². The molecule has 2 amide bonds. The smallest absolute Gasteiger partial charge is 0.220 e. The third kappa shape index (κ3) is 13.7. The van der Waals surface area contributed by atoms with E-state index in [9.17, 15) is 9.59 Å². The number of unbranched alkanes of at least 4 members (excludes halogenated alkanes) is 8. The van der Waals surface area contributed by atoms with Crippen molar-refractivity contribution in [3.05, 3.63) is 0 Å². The molecule has 124 valence electrons. The Morgan fingerprint density at radius 3 is 1.71 bits per heavy atom. The number of amides is 2. The van der Waals surface area contributed by atoms with Crippen LogP contribution in [0.15, 0.2) is 0 Å². The van der Waals surface area contributed by atoms with Gasteiger partial charge in [0.25, 0.3) is 0 Å². The Labute approximate surface area is 130 Å². The van der Waals surface area contributed by atoms with Crippen LogP contribution in [0.3, 0.4) is 0 Å². The van der Waals surface area contributed by atoms with E-state index in [1.54, 1.807) is 0 Å². The van der Waals surface area contributed by atoms with Gasteiger partial charge in [-0.2, -0.15) is 0 Å². The molecule has 1 unspecified atom stereocenters. The maximum atomic E-state index is 11.3. The summed E-state index contributed by atoms with van der Waals surface area (Å²) in [6, 6.07) is 0. The minimum absolute atomic E-state index is 0.0890. The maximum absolute atomic E-state index is 11.3. The molecule has 4 N–H and O–H groups in total. The van der Waals surface area contributed by atoms with Gasteiger partial charge in [0.2, 0.25) is 11.8 Å². The second kappa shape index (κ2) is 13.9. The van der Waals surface area contributed by atoms with E-state index in [2.05, 4.69) is 6.92 Å². The monoisotopic (exact) mass is 298 g/mol. The van der Waals surface area contributed by atoms with Gasteiger partial charge in [-0.1, -0.05) is 64.7 Å². The van der Waals surface area contributed by atoms with Crippen molar-refractivity contribution in [2.24, 2.45) is 17.4 Å². The van der Waals surface area contributed by atoms with Crippen molar-refractivity contribution in [1.82, 2.24) is 0 Å². The first-order valence-corrected chi connectivity index (χ1v) is 8.65. The van der Waals surface area contributed by atoms with Crippen LogP contribution < -0.4 is 11.5 Å². The predicted molar refractivity (Wildman–Crippen MR) is 87.6 cm³/mol. The molecule has 0 aromatic rings. The molecular weight excluding hydrogens is 264 g/mol. The standard InChI is InChI=1S/C17H34N2O2/c1-2-3-4-5-6-7-8-9-10-12-15(17(19)21)13-11-14-16(18)20/h15H,2-14H2,1H3,(H2,18,20)(H2,19,21). The Morgan fingerprint density at radius 1 is 0.762 bits per heavy atom. The molecule has 4 nitrogen and oxygen atoms in total. The van der Waals surface area contributed by atoms with Gasteiger partial charge >= 0.3 is 0 Å². The van der Waals surface area contributed by atoms with Crippen molar-refractivity contribution in [1.29, 1.82) is 0 Å². The van der Waals surface area contributed by atoms with Gasteiger partial charge in [0.1, 0.15) is 0 Å². The van der Waals surface area contributed by atoms with Gasteiger partial charge in [0.05, 0.1) is 0 Å². The molecule has 0 spiro atoms. The SMILES string of the molecule is CCCCCCCCCCCC(CCCC(N)=O)C(N)=O. The highest BCUT2D eigenvalue weighted by atomic mass is 16.1. The molecule has 0 radical (unpaired) electrons. The van der Waals surface area contributed by atoms with Gasteiger partial charge in [0.15, 0.2) is 0 Å². The molecule has 0 aromatic carbocycles. The van der Waals surface area contributed by atoms with Gasteiger partial charge in [-0.15, -0.1) is 0 Å². The van der Waals surface area contributed by atoms with Crippen molar-refractivity contribution in [2.45, 2.75) is 90.4 Å². The lowest BCUT2D eigenvalue weighted by atomic mass is 9.94. The Morgan fingerprint density at radius 2 is 1.24 bits per heavy atom. The molecule has 0 saturated carbocycles. The van der Waals surface area contributed by atoms with Crippen LogP contribution in [0, 0.1) is 5.92 Å². The van der Waals surface area contributed by atoms with E-state index < -0.39 is 0 Å². The van der Waals surface area contributed by atoms with Gasteiger partial charge < -0.3 is 11.5 Å². The molecule has 0 aliphatic rings. The molecule has 21 heavy (non-hydrogen) atoms. The molecule has 0 aromatic heterocycles. The summed E-state index contributed by atoms with van der Waals surface area (Å²) in [5, 5.41) is 0. The minimum Gasteiger partial charge on any atom is -0.370 e. The fourth-order valence-corrected chi connectivity index (χ4v) is 2.65. The van der Waals surface area contributed by atoms with Crippen LogP contribution in [-0.2, 0) is 9.59 Å². The molecule has 0 saturated heterocycles. The summed E-state index contributed by atoms with van der Waals surface area (Å²) in [5.41, 5.74) is 10.5. The van der Waals surface area contributed by atoms with Gasteiger partial charge in [-0.25, -0.2) is 0 Å². The Bertz CT molecular complexity index is 280. The van der Waals surface area contributed by atoms with E-state index in [-0.39, 0.29) is 17.7 Å². The normalized spacial score (nSPS) is 12.2. The van der Waals surface area contributed by atoms with Crippen LogP contribution in [0.5, 0.6) is 0 Å². The summed E-state index contributed by atoms with van der Waals surface area (Å²) in [6.45, 7) is 2.23. The van der Waals surface area contributed by atoms with Crippen molar-refractivity contribution in [3.63, 3.8) is 0 Å². The first kappa shape index (κ1) is 19.9. The molecule has 0 aliphatic carbocycles. The highest BCUT2D eigenvalue weighted by molar-refractivity contribution is 5.77. The fourth-order valence-electron chi connectivity index (χ4n) is 2.65. The summed E-state index contributed by atoms with van der Waals surface area (Å²) in [5.74, 6) is -0.630. The summed E-state index contributed by atoms with van der Waals surface area (Å²) >= 11 is 0. The Balaban J connectivity index is 3.52. The van der Waals surface area contributed by atoms with Crippen molar-refractivity contribution < 1.29 is 9.59 Å². The first-order valence-electron chi connectivity index (χ1n) is 8.65. The van der Waals surface area contributed by atoms with E-state index in [1.807, 2.05) is 0 Å². The van der Waals surface area contributed by atoms with Crippen molar-refractivity contribution in [3.8, 4) is 0 Å².